The van der Waals surface area contributed by atoms with Crippen molar-refractivity contribution in [3.05, 3.63) is 77.9 Å². The van der Waals surface area contributed by atoms with Crippen LogP contribution in [-0.4, -0.2) is 25.8 Å². The van der Waals surface area contributed by atoms with Crippen molar-refractivity contribution in [3.63, 3.8) is 0 Å². The molecule has 124 valence electrons. The van der Waals surface area contributed by atoms with Gasteiger partial charge in [0.1, 0.15) is 6.61 Å². The Morgan fingerprint density at radius 2 is 1.62 bits per heavy atom. The summed E-state index contributed by atoms with van der Waals surface area (Å²) in [6.07, 6.45) is 5.17. The van der Waals surface area contributed by atoms with Gasteiger partial charge in [0.25, 0.3) is 0 Å². The second kappa shape index (κ2) is 7.93. The molecule has 0 atom stereocenters. The van der Waals surface area contributed by atoms with E-state index >= 15 is 0 Å². The normalized spacial score (nSPS) is 16.8. The monoisotopic (exact) mass is 322 g/mol. The number of rotatable bonds is 5. The third-order valence-corrected chi connectivity index (χ3v) is 4.48. The van der Waals surface area contributed by atoms with Gasteiger partial charge in [0.05, 0.1) is 5.41 Å². The lowest BCUT2D eigenvalue weighted by Crippen LogP contribution is -2.42. The van der Waals surface area contributed by atoms with E-state index in [1.165, 1.54) is 0 Å². The number of carbonyl (C=O) groups excluding carboxylic acids is 1. The van der Waals surface area contributed by atoms with Gasteiger partial charge in [-0.1, -0.05) is 66.7 Å². The van der Waals surface area contributed by atoms with E-state index < -0.39 is 5.41 Å². The molecule has 0 spiro atoms. The molecule has 0 unspecified atom stereocenters. The summed E-state index contributed by atoms with van der Waals surface area (Å²) in [7, 11) is 0. The van der Waals surface area contributed by atoms with Gasteiger partial charge in [-0.2, -0.15) is 0 Å². The van der Waals surface area contributed by atoms with E-state index in [1.54, 1.807) is 0 Å². The lowest BCUT2D eigenvalue weighted by Gasteiger charge is -2.35. The van der Waals surface area contributed by atoms with E-state index in [-0.39, 0.29) is 12.6 Å². The number of esters is 1. The molecule has 3 rings (SSSR count). The highest BCUT2D eigenvalue weighted by Gasteiger charge is 2.42. The smallest absolute Gasteiger partial charge is 0.317 e. The van der Waals surface area contributed by atoms with E-state index in [9.17, 15) is 4.79 Å². The summed E-state index contributed by atoms with van der Waals surface area (Å²) in [5, 5.41) is 0. The van der Waals surface area contributed by atoms with Crippen LogP contribution in [0.15, 0.2) is 66.7 Å². The Labute approximate surface area is 142 Å². The predicted molar refractivity (Wildman–Crippen MR) is 94.6 cm³/mol. The molecule has 2 aromatic carbocycles. The fourth-order valence-corrected chi connectivity index (χ4v) is 3.10. The Balaban J connectivity index is 1.67. The van der Waals surface area contributed by atoms with E-state index in [1.807, 2.05) is 72.8 Å². The van der Waals surface area contributed by atoms with Crippen molar-refractivity contribution >= 4 is 12.0 Å². The molecule has 0 aliphatic carbocycles. The zero-order chi connectivity index (χ0) is 16.7. The average molecular weight is 322 g/mol. The van der Waals surface area contributed by atoms with Crippen molar-refractivity contribution in [2.24, 2.45) is 0 Å². The Bertz CT molecular complexity index is 671. The molecule has 1 fully saturated rings. The Hall–Kier alpha value is -2.39. The Kier molecular flexibility index (Phi) is 5.44. The van der Waals surface area contributed by atoms with Gasteiger partial charge >= 0.3 is 5.97 Å². The first kappa shape index (κ1) is 16.5. The maximum absolute atomic E-state index is 12.8. The second-order valence-electron chi connectivity index (χ2n) is 5.97. The van der Waals surface area contributed by atoms with Gasteiger partial charge < -0.3 is 9.47 Å². The SMILES string of the molecule is O=C(OCC=Cc1ccccc1)C1(c2ccccc2)CCOCC1. The first-order chi connectivity index (χ1) is 11.8. The molecule has 1 heterocycles. The first-order valence-corrected chi connectivity index (χ1v) is 8.33. The number of hydrogen-bond acceptors (Lipinski definition) is 3. The summed E-state index contributed by atoms with van der Waals surface area (Å²) in [6, 6.07) is 19.9. The molecule has 0 radical (unpaired) electrons. The molecule has 0 bridgehead atoms. The minimum Gasteiger partial charge on any atom is -0.461 e. The van der Waals surface area contributed by atoms with E-state index in [4.69, 9.17) is 9.47 Å². The highest BCUT2D eigenvalue weighted by Crippen LogP contribution is 2.36. The zero-order valence-electron chi connectivity index (χ0n) is 13.7. The Morgan fingerprint density at radius 1 is 1.00 bits per heavy atom. The van der Waals surface area contributed by atoms with Crippen LogP contribution < -0.4 is 0 Å². The van der Waals surface area contributed by atoms with Gasteiger partial charge in [-0.15, -0.1) is 0 Å². The van der Waals surface area contributed by atoms with Crippen molar-refractivity contribution in [2.75, 3.05) is 19.8 Å². The minimum absolute atomic E-state index is 0.158. The molecule has 0 saturated carbocycles. The maximum atomic E-state index is 12.8. The summed E-state index contributed by atoms with van der Waals surface area (Å²) >= 11 is 0. The number of benzene rings is 2. The topological polar surface area (TPSA) is 35.5 Å². The number of ether oxygens (including phenoxy) is 2. The van der Waals surface area contributed by atoms with Gasteiger partial charge in [-0.05, 0) is 30.0 Å². The molecule has 1 aliphatic rings. The summed E-state index contributed by atoms with van der Waals surface area (Å²) in [5.74, 6) is -0.158. The lowest BCUT2D eigenvalue weighted by atomic mass is 9.74. The molecule has 3 nitrogen and oxygen atoms in total. The zero-order valence-corrected chi connectivity index (χ0v) is 13.7. The lowest BCUT2D eigenvalue weighted by molar-refractivity contribution is -0.153. The minimum atomic E-state index is -0.583. The maximum Gasteiger partial charge on any atom is 0.317 e. The summed E-state index contributed by atoms with van der Waals surface area (Å²) in [4.78, 5) is 12.8. The molecule has 24 heavy (non-hydrogen) atoms. The molecule has 1 saturated heterocycles. The van der Waals surface area contributed by atoms with Gasteiger partial charge in [0, 0.05) is 13.2 Å². The number of hydrogen-bond donors (Lipinski definition) is 0. The summed E-state index contributed by atoms with van der Waals surface area (Å²) < 4.78 is 11.0. The summed E-state index contributed by atoms with van der Waals surface area (Å²) in [5.41, 5.74) is 1.53. The van der Waals surface area contributed by atoms with Gasteiger partial charge in [0.15, 0.2) is 0 Å². The standard InChI is InChI=1S/C21H22O3/c22-20(24-15-7-10-18-8-3-1-4-9-18)21(13-16-23-17-14-21)19-11-5-2-6-12-19/h1-12H,13-17H2. The van der Waals surface area contributed by atoms with Crippen molar-refractivity contribution in [1.82, 2.24) is 0 Å². The van der Waals surface area contributed by atoms with Gasteiger partial charge in [-0.3, -0.25) is 4.79 Å². The number of carbonyl (C=O) groups is 1. The van der Waals surface area contributed by atoms with E-state index in [2.05, 4.69) is 0 Å². The highest BCUT2D eigenvalue weighted by molar-refractivity contribution is 5.83. The van der Waals surface area contributed by atoms with Crippen molar-refractivity contribution in [1.29, 1.82) is 0 Å². The van der Waals surface area contributed by atoms with Crippen LogP contribution in [0.3, 0.4) is 0 Å². The Morgan fingerprint density at radius 3 is 2.29 bits per heavy atom. The van der Waals surface area contributed by atoms with Crippen molar-refractivity contribution < 1.29 is 14.3 Å². The highest BCUT2D eigenvalue weighted by atomic mass is 16.5. The molecular formula is C21H22O3. The van der Waals surface area contributed by atoms with E-state index in [0.717, 1.165) is 11.1 Å². The third-order valence-electron chi connectivity index (χ3n) is 4.48. The molecule has 0 aromatic heterocycles. The molecule has 0 amide bonds. The molecule has 3 heteroatoms. The van der Waals surface area contributed by atoms with Gasteiger partial charge in [-0.25, -0.2) is 0 Å². The van der Waals surface area contributed by atoms with Crippen LogP contribution in [0.1, 0.15) is 24.0 Å². The second-order valence-corrected chi connectivity index (χ2v) is 5.97. The van der Waals surface area contributed by atoms with Crippen LogP contribution >= 0.6 is 0 Å². The van der Waals surface area contributed by atoms with Gasteiger partial charge in [0.2, 0.25) is 0 Å². The molecule has 0 N–H and O–H groups in total. The van der Waals surface area contributed by atoms with E-state index in [0.29, 0.717) is 26.1 Å². The fraction of sp³-hybridized carbons (Fsp3) is 0.286. The molecule has 1 aliphatic heterocycles. The average Bonchev–Trinajstić information content (AvgIpc) is 2.67. The van der Waals surface area contributed by atoms with Crippen LogP contribution in [0.2, 0.25) is 0 Å². The fourth-order valence-electron chi connectivity index (χ4n) is 3.10. The van der Waals surface area contributed by atoms with Crippen molar-refractivity contribution in [2.45, 2.75) is 18.3 Å². The van der Waals surface area contributed by atoms with Crippen LogP contribution in [-0.2, 0) is 19.7 Å². The van der Waals surface area contributed by atoms with Crippen LogP contribution in [0.25, 0.3) is 6.08 Å². The third kappa shape index (κ3) is 3.74. The van der Waals surface area contributed by atoms with Crippen LogP contribution in [0.4, 0.5) is 0 Å². The molecular weight excluding hydrogens is 300 g/mol. The predicted octanol–water partition coefficient (Wildman–Crippen LogP) is 3.99. The van der Waals surface area contributed by atoms with Crippen LogP contribution in [0.5, 0.6) is 0 Å². The van der Waals surface area contributed by atoms with Crippen LogP contribution in [0, 0.1) is 0 Å². The quantitative estimate of drug-likeness (QED) is 0.781. The van der Waals surface area contributed by atoms with Crippen molar-refractivity contribution in [3.8, 4) is 0 Å². The largest absolute Gasteiger partial charge is 0.461 e. The first-order valence-electron chi connectivity index (χ1n) is 8.33. The summed E-state index contributed by atoms with van der Waals surface area (Å²) in [6.45, 7) is 1.46. The molecule has 2 aromatic rings.